The fraction of sp³-hybridized carbons (Fsp3) is 0.167. The third-order valence-electron chi connectivity index (χ3n) is 3.67. The van der Waals surface area contributed by atoms with Crippen molar-refractivity contribution in [2.45, 2.75) is 12.8 Å². The number of thioether (sulfide) groups is 1. The highest BCUT2D eigenvalue weighted by Crippen LogP contribution is 2.33. The van der Waals surface area contributed by atoms with Crippen LogP contribution in [-0.2, 0) is 9.59 Å². The van der Waals surface area contributed by atoms with Crippen LogP contribution < -0.4 is 0 Å². The van der Waals surface area contributed by atoms with Crippen molar-refractivity contribution in [2.75, 3.05) is 6.54 Å². The molecule has 1 saturated heterocycles. The van der Waals surface area contributed by atoms with E-state index in [1.54, 1.807) is 12.1 Å². The van der Waals surface area contributed by atoms with E-state index in [-0.39, 0.29) is 24.3 Å². The lowest BCUT2D eigenvalue weighted by Crippen LogP contribution is -2.29. The zero-order valence-electron chi connectivity index (χ0n) is 13.5. The molecule has 0 bridgehead atoms. The van der Waals surface area contributed by atoms with E-state index in [9.17, 15) is 14.4 Å². The Morgan fingerprint density at radius 1 is 1.19 bits per heavy atom. The molecule has 0 atom stereocenters. The second-order valence-electron chi connectivity index (χ2n) is 5.54. The number of carboxylic acid groups (broad SMARTS) is 1. The van der Waals surface area contributed by atoms with Crippen LogP contribution in [0.25, 0.3) is 17.4 Å². The maximum Gasteiger partial charge on any atom is 0.303 e. The Hall–Kier alpha value is -2.32. The van der Waals surface area contributed by atoms with Gasteiger partial charge >= 0.3 is 5.97 Å². The Labute approximate surface area is 162 Å². The van der Waals surface area contributed by atoms with Gasteiger partial charge < -0.3 is 9.52 Å². The van der Waals surface area contributed by atoms with Gasteiger partial charge in [0.1, 0.15) is 11.5 Å². The van der Waals surface area contributed by atoms with Gasteiger partial charge in [-0.3, -0.25) is 19.3 Å². The zero-order chi connectivity index (χ0) is 18.7. The summed E-state index contributed by atoms with van der Waals surface area (Å²) in [6.07, 6.45) is 1.68. The smallest absolute Gasteiger partial charge is 0.303 e. The van der Waals surface area contributed by atoms with E-state index in [0.717, 1.165) is 26.7 Å². The van der Waals surface area contributed by atoms with Crippen LogP contribution in [0.3, 0.4) is 0 Å². The van der Waals surface area contributed by atoms with E-state index in [1.807, 2.05) is 24.3 Å². The second-order valence-corrected chi connectivity index (χ2v) is 7.45. The number of carbonyl (C=O) groups is 3. The normalized spacial score (nSPS) is 15.9. The molecule has 8 heteroatoms. The van der Waals surface area contributed by atoms with Crippen molar-refractivity contribution in [1.82, 2.24) is 4.90 Å². The van der Waals surface area contributed by atoms with E-state index in [1.165, 1.54) is 6.08 Å². The lowest BCUT2D eigenvalue weighted by molar-refractivity contribution is -0.137. The summed E-state index contributed by atoms with van der Waals surface area (Å²) in [7, 11) is 0. The van der Waals surface area contributed by atoms with Gasteiger partial charge in [-0.1, -0.05) is 28.1 Å². The number of carboxylic acids is 1. The molecule has 6 nitrogen and oxygen atoms in total. The average molecular weight is 436 g/mol. The average Bonchev–Trinajstić information content (AvgIpc) is 3.15. The molecule has 1 fully saturated rings. The molecular formula is C18H14BrNO5S. The predicted molar refractivity (Wildman–Crippen MR) is 101 cm³/mol. The molecule has 1 aromatic heterocycles. The molecule has 26 heavy (non-hydrogen) atoms. The third kappa shape index (κ3) is 4.25. The van der Waals surface area contributed by atoms with E-state index in [4.69, 9.17) is 9.52 Å². The zero-order valence-corrected chi connectivity index (χ0v) is 15.9. The first-order chi connectivity index (χ1) is 12.4. The van der Waals surface area contributed by atoms with Crippen LogP contribution in [-0.4, -0.2) is 33.7 Å². The van der Waals surface area contributed by atoms with Crippen LogP contribution in [0.15, 0.2) is 50.2 Å². The lowest BCUT2D eigenvalue weighted by atomic mass is 10.2. The van der Waals surface area contributed by atoms with Crippen molar-refractivity contribution >= 4 is 50.9 Å². The van der Waals surface area contributed by atoms with Crippen LogP contribution >= 0.6 is 27.7 Å². The number of halogens is 1. The summed E-state index contributed by atoms with van der Waals surface area (Å²) >= 11 is 4.20. The summed E-state index contributed by atoms with van der Waals surface area (Å²) in [5, 5.41) is 8.26. The first kappa shape index (κ1) is 18.5. The number of benzene rings is 1. The van der Waals surface area contributed by atoms with Gasteiger partial charge in [0.25, 0.3) is 11.1 Å². The first-order valence-electron chi connectivity index (χ1n) is 7.77. The molecule has 2 aromatic rings. The topological polar surface area (TPSA) is 87.8 Å². The van der Waals surface area contributed by atoms with Gasteiger partial charge in [-0.2, -0.15) is 0 Å². The number of amides is 2. The number of nitrogens with zero attached hydrogens (tertiary/aromatic N) is 1. The molecule has 0 unspecified atom stereocenters. The monoisotopic (exact) mass is 435 g/mol. The van der Waals surface area contributed by atoms with Crippen molar-refractivity contribution in [3.8, 4) is 11.3 Å². The standard InChI is InChI=1S/C18H14BrNO5S/c19-12-5-3-11(4-6-12)14-8-7-13(25-14)10-15-17(23)20(18(24)26-15)9-1-2-16(21)22/h3-8,10H,1-2,9H2,(H,21,22). The number of aliphatic carboxylic acids is 1. The van der Waals surface area contributed by atoms with Crippen molar-refractivity contribution in [3.63, 3.8) is 0 Å². The molecule has 0 saturated carbocycles. The van der Waals surface area contributed by atoms with Crippen LogP contribution in [0, 0.1) is 0 Å². The minimum atomic E-state index is -0.955. The minimum Gasteiger partial charge on any atom is -0.481 e. The minimum absolute atomic E-state index is 0.0878. The molecule has 2 heterocycles. The summed E-state index contributed by atoms with van der Waals surface area (Å²) in [6.45, 7) is 0.0939. The van der Waals surface area contributed by atoms with Gasteiger partial charge in [0.2, 0.25) is 0 Å². The molecule has 134 valence electrons. The highest BCUT2D eigenvalue weighted by molar-refractivity contribution is 9.10. The van der Waals surface area contributed by atoms with Crippen LogP contribution in [0.4, 0.5) is 4.79 Å². The SMILES string of the molecule is O=C(O)CCCN1C(=O)SC(=Cc2ccc(-c3ccc(Br)cc3)o2)C1=O. The summed E-state index contributed by atoms with van der Waals surface area (Å²) in [5.74, 6) is -0.251. The summed E-state index contributed by atoms with van der Waals surface area (Å²) < 4.78 is 6.70. The molecular weight excluding hydrogens is 422 g/mol. The van der Waals surface area contributed by atoms with E-state index in [0.29, 0.717) is 11.5 Å². The molecule has 0 aliphatic carbocycles. The van der Waals surface area contributed by atoms with Crippen molar-refractivity contribution in [1.29, 1.82) is 0 Å². The molecule has 1 aliphatic rings. The largest absolute Gasteiger partial charge is 0.481 e. The number of furan rings is 1. The lowest BCUT2D eigenvalue weighted by Gasteiger charge is -2.10. The number of hydrogen-bond acceptors (Lipinski definition) is 5. The quantitative estimate of drug-likeness (QED) is 0.666. The van der Waals surface area contributed by atoms with Gasteiger partial charge in [-0.15, -0.1) is 0 Å². The molecule has 2 amide bonds. The van der Waals surface area contributed by atoms with E-state index >= 15 is 0 Å². The molecule has 0 radical (unpaired) electrons. The summed E-state index contributed by atoms with van der Waals surface area (Å²) in [6, 6.07) is 11.1. The number of hydrogen-bond donors (Lipinski definition) is 1. The Morgan fingerprint density at radius 2 is 1.92 bits per heavy atom. The Bertz CT molecular complexity index is 887. The van der Waals surface area contributed by atoms with Gasteiger partial charge in [-0.05, 0) is 42.4 Å². The summed E-state index contributed by atoms with van der Waals surface area (Å²) in [5.41, 5.74) is 0.898. The Balaban J connectivity index is 1.72. The molecule has 3 rings (SSSR count). The van der Waals surface area contributed by atoms with Gasteiger partial charge in [0.05, 0.1) is 4.91 Å². The van der Waals surface area contributed by atoms with Gasteiger partial charge in [-0.25, -0.2) is 0 Å². The highest BCUT2D eigenvalue weighted by atomic mass is 79.9. The van der Waals surface area contributed by atoms with Crippen LogP contribution in [0.2, 0.25) is 0 Å². The number of imide groups is 1. The number of rotatable bonds is 6. The first-order valence-corrected chi connectivity index (χ1v) is 9.38. The Kier molecular flexibility index (Phi) is 5.63. The Morgan fingerprint density at radius 3 is 2.62 bits per heavy atom. The van der Waals surface area contributed by atoms with Crippen LogP contribution in [0.5, 0.6) is 0 Å². The fourth-order valence-corrected chi connectivity index (χ4v) is 3.52. The fourth-order valence-electron chi connectivity index (χ4n) is 2.41. The number of carbonyl (C=O) groups excluding carboxylic acids is 2. The van der Waals surface area contributed by atoms with Gasteiger partial charge in [0, 0.05) is 29.1 Å². The summed E-state index contributed by atoms with van der Waals surface area (Å²) in [4.78, 5) is 36.2. The maximum absolute atomic E-state index is 12.3. The van der Waals surface area contributed by atoms with E-state index < -0.39 is 17.1 Å². The second kappa shape index (κ2) is 7.92. The molecule has 0 spiro atoms. The molecule has 1 aliphatic heterocycles. The molecule has 1 N–H and O–H groups in total. The van der Waals surface area contributed by atoms with E-state index in [2.05, 4.69) is 15.9 Å². The van der Waals surface area contributed by atoms with Crippen molar-refractivity contribution < 1.29 is 23.9 Å². The highest BCUT2D eigenvalue weighted by Gasteiger charge is 2.34. The van der Waals surface area contributed by atoms with Crippen LogP contribution in [0.1, 0.15) is 18.6 Å². The predicted octanol–water partition coefficient (Wildman–Crippen LogP) is 4.61. The molecule has 1 aromatic carbocycles. The van der Waals surface area contributed by atoms with Crippen molar-refractivity contribution in [3.05, 3.63) is 51.5 Å². The van der Waals surface area contributed by atoms with Crippen molar-refractivity contribution in [2.24, 2.45) is 0 Å². The van der Waals surface area contributed by atoms with Gasteiger partial charge in [0.15, 0.2) is 0 Å². The maximum atomic E-state index is 12.3. The third-order valence-corrected chi connectivity index (χ3v) is 5.11.